The number of furan rings is 1. The van der Waals surface area contributed by atoms with Crippen LogP contribution in [0, 0.1) is 0 Å². The molecule has 168 valence electrons. The van der Waals surface area contributed by atoms with E-state index in [1.54, 1.807) is 19.2 Å². The molecule has 0 aliphatic carbocycles. The number of rotatable bonds is 8. The van der Waals surface area contributed by atoms with Crippen LogP contribution in [0.15, 0.2) is 70.4 Å². The third-order valence-electron chi connectivity index (χ3n) is 4.30. The summed E-state index contributed by atoms with van der Waals surface area (Å²) < 4.78 is 50.5. The van der Waals surface area contributed by atoms with Gasteiger partial charge in [0.2, 0.25) is 5.91 Å². The molecule has 0 unspecified atom stereocenters. The smallest absolute Gasteiger partial charge is 0.418 e. The van der Waals surface area contributed by atoms with Crippen molar-refractivity contribution in [2.24, 2.45) is 0 Å². The molecule has 0 saturated carbocycles. The highest BCUT2D eigenvalue weighted by atomic mass is 32.2. The van der Waals surface area contributed by atoms with Crippen LogP contribution in [0.1, 0.15) is 22.3 Å². The van der Waals surface area contributed by atoms with E-state index < -0.39 is 23.6 Å². The molecule has 0 spiro atoms. The second-order valence-electron chi connectivity index (χ2n) is 6.55. The summed E-state index contributed by atoms with van der Waals surface area (Å²) in [5, 5.41) is 4.68. The summed E-state index contributed by atoms with van der Waals surface area (Å²) in [6, 6.07) is 11.8. The molecular weight excluding hydrogens is 445 g/mol. The molecule has 0 radical (unpaired) electrons. The number of hydrogen-bond acceptors (Lipinski definition) is 5. The molecule has 0 fully saturated rings. The van der Waals surface area contributed by atoms with Gasteiger partial charge in [-0.05, 0) is 48.5 Å². The first-order valence-electron chi connectivity index (χ1n) is 9.38. The molecule has 3 aromatic rings. The number of ether oxygens (including phenoxy) is 1. The summed E-state index contributed by atoms with van der Waals surface area (Å²) in [4.78, 5) is 25.2. The Labute approximate surface area is 186 Å². The van der Waals surface area contributed by atoms with Gasteiger partial charge in [-0.1, -0.05) is 0 Å². The summed E-state index contributed by atoms with van der Waals surface area (Å²) in [5.41, 5.74) is -1.32. The van der Waals surface area contributed by atoms with Gasteiger partial charge in [-0.3, -0.25) is 9.59 Å². The Hall–Kier alpha value is -3.40. The standard InChI is InChI=1S/C22H19F3N2O4S/c1-30-16-3-5-17(6-4-16)32-11-9-20(28)27-19-7-2-15(12-18(19)22(23,24)25)26-21(29)14-8-10-31-13-14/h2-8,10,12-13H,9,11H2,1H3,(H,26,29)(H,27,28). The van der Waals surface area contributed by atoms with Gasteiger partial charge in [0.15, 0.2) is 0 Å². The summed E-state index contributed by atoms with van der Waals surface area (Å²) in [7, 11) is 1.56. The first kappa shape index (κ1) is 23.3. The lowest BCUT2D eigenvalue weighted by atomic mass is 10.1. The maximum atomic E-state index is 13.5. The quantitative estimate of drug-likeness (QED) is 0.419. The van der Waals surface area contributed by atoms with Gasteiger partial charge in [-0.2, -0.15) is 13.2 Å². The Morgan fingerprint density at radius 2 is 1.81 bits per heavy atom. The van der Waals surface area contributed by atoms with Crippen LogP contribution in [0.4, 0.5) is 24.5 Å². The van der Waals surface area contributed by atoms with Crippen molar-refractivity contribution in [3.63, 3.8) is 0 Å². The van der Waals surface area contributed by atoms with Crippen molar-refractivity contribution in [1.29, 1.82) is 0 Å². The molecule has 0 atom stereocenters. The third-order valence-corrected chi connectivity index (χ3v) is 5.31. The van der Waals surface area contributed by atoms with Crippen LogP contribution in [0.2, 0.25) is 0 Å². The SMILES string of the molecule is COc1ccc(SCCC(=O)Nc2ccc(NC(=O)c3ccoc3)cc2C(F)(F)F)cc1. The van der Waals surface area contributed by atoms with Crippen LogP contribution in [0.3, 0.4) is 0 Å². The molecule has 0 bridgehead atoms. The normalized spacial score (nSPS) is 11.1. The molecule has 2 N–H and O–H groups in total. The van der Waals surface area contributed by atoms with Gasteiger partial charge < -0.3 is 19.8 Å². The van der Waals surface area contributed by atoms with Gasteiger partial charge >= 0.3 is 6.18 Å². The summed E-state index contributed by atoms with van der Waals surface area (Å²) in [6.07, 6.45) is -2.25. The van der Waals surface area contributed by atoms with E-state index >= 15 is 0 Å². The molecule has 6 nitrogen and oxygen atoms in total. The molecule has 1 heterocycles. The number of hydrogen-bond donors (Lipinski definition) is 2. The lowest BCUT2D eigenvalue weighted by molar-refractivity contribution is -0.136. The lowest BCUT2D eigenvalue weighted by Crippen LogP contribution is -2.18. The van der Waals surface area contributed by atoms with E-state index in [0.29, 0.717) is 11.5 Å². The first-order chi connectivity index (χ1) is 15.3. The van der Waals surface area contributed by atoms with Gasteiger partial charge in [-0.15, -0.1) is 11.8 Å². The van der Waals surface area contributed by atoms with Crippen LogP contribution in [-0.2, 0) is 11.0 Å². The fraction of sp³-hybridized carbons (Fsp3) is 0.182. The zero-order valence-electron chi connectivity index (χ0n) is 16.9. The van der Waals surface area contributed by atoms with Gasteiger partial charge in [0.05, 0.1) is 30.2 Å². The number of carbonyl (C=O) groups excluding carboxylic acids is 2. The van der Waals surface area contributed by atoms with Gasteiger partial charge in [0.1, 0.15) is 12.0 Å². The number of thioether (sulfide) groups is 1. The maximum absolute atomic E-state index is 13.5. The van der Waals surface area contributed by atoms with Crippen molar-refractivity contribution in [3.8, 4) is 5.75 Å². The highest BCUT2D eigenvalue weighted by molar-refractivity contribution is 7.99. The topological polar surface area (TPSA) is 80.6 Å². The molecular formula is C22H19F3N2O4S. The molecule has 1 aromatic heterocycles. The molecule has 2 amide bonds. The second-order valence-corrected chi connectivity index (χ2v) is 7.71. The number of carbonyl (C=O) groups is 2. The van der Waals surface area contributed by atoms with E-state index in [9.17, 15) is 22.8 Å². The fourth-order valence-electron chi connectivity index (χ4n) is 2.71. The molecule has 0 saturated heterocycles. The minimum atomic E-state index is -4.73. The molecule has 2 aromatic carbocycles. The monoisotopic (exact) mass is 464 g/mol. The van der Waals surface area contributed by atoms with Crippen LogP contribution < -0.4 is 15.4 Å². The summed E-state index contributed by atoms with van der Waals surface area (Å²) in [5.74, 6) is -0.0691. The predicted molar refractivity (Wildman–Crippen MR) is 115 cm³/mol. The second kappa shape index (κ2) is 10.3. The van der Waals surface area contributed by atoms with Crippen LogP contribution in [0.25, 0.3) is 0 Å². The van der Waals surface area contributed by atoms with Crippen molar-refractivity contribution >= 4 is 35.0 Å². The number of methoxy groups -OCH3 is 1. The van der Waals surface area contributed by atoms with E-state index in [0.717, 1.165) is 17.0 Å². The number of anilines is 2. The van der Waals surface area contributed by atoms with E-state index in [4.69, 9.17) is 9.15 Å². The third kappa shape index (κ3) is 6.30. The Morgan fingerprint density at radius 1 is 1.06 bits per heavy atom. The lowest BCUT2D eigenvalue weighted by Gasteiger charge is -2.16. The Kier molecular flexibility index (Phi) is 7.47. The zero-order valence-corrected chi connectivity index (χ0v) is 17.7. The predicted octanol–water partition coefficient (Wildman–Crippen LogP) is 5.68. The number of benzene rings is 2. The van der Waals surface area contributed by atoms with E-state index in [1.165, 1.54) is 36.4 Å². The number of halogens is 3. The average Bonchev–Trinajstić information content (AvgIpc) is 3.30. The largest absolute Gasteiger partial charge is 0.497 e. The van der Waals surface area contributed by atoms with Crippen molar-refractivity contribution in [1.82, 2.24) is 0 Å². The number of alkyl halides is 3. The Morgan fingerprint density at radius 3 is 2.44 bits per heavy atom. The van der Waals surface area contributed by atoms with E-state index in [2.05, 4.69) is 10.6 Å². The molecule has 10 heteroatoms. The highest BCUT2D eigenvalue weighted by Crippen LogP contribution is 2.37. The van der Waals surface area contributed by atoms with E-state index in [1.807, 2.05) is 12.1 Å². The fourth-order valence-corrected chi connectivity index (χ4v) is 3.56. The van der Waals surface area contributed by atoms with Crippen LogP contribution >= 0.6 is 11.8 Å². The molecule has 0 aliphatic heterocycles. The zero-order chi connectivity index (χ0) is 23.1. The van der Waals surface area contributed by atoms with Crippen molar-refractivity contribution < 1.29 is 31.9 Å². The van der Waals surface area contributed by atoms with Crippen LogP contribution in [-0.4, -0.2) is 24.7 Å². The van der Waals surface area contributed by atoms with Crippen molar-refractivity contribution in [2.75, 3.05) is 23.5 Å². The molecule has 3 rings (SSSR count). The number of nitrogens with one attached hydrogen (secondary N) is 2. The minimum absolute atomic E-state index is 0.0208. The Balaban J connectivity index is 1.62. The van der Waals surface area contributed by atoms with Gasteiger partial charge in [0.25, 0.3) is 5.91 Å². The van der Waals surface area contributed by atoms with Crippen LogP contribution in [0.5, 0.6) is 5.75 Å². The minimum Gasteiger partial charge on any atom is -0.497 e. The first-order valence-corrected chi connectivity index (χ1v) is 10.4. The summed E-state index contributed by atoms with van der Waals surface area (Å²) >= 11 is 1.40. The van der Waals surface area contributed by atoms with Gasteiger partial charge in [-0.25, -0.2) is 0 Å². The van der Waals surface area contributed by atoms with Crippen molar-refractivity contribution in [3.05, 3.63) is 72.2 Å². The Bertz CT molecular complexity index is 1070. The number of amides is 2. The average molecular weight is 464 g/mol. The van der Waals surface area contributed by atoms with E-state index in [-0.39, 0.29) is 23.4 Å². The molecule has 0 aliphatic rings. The maximum Gasteiger partial charge on any atom is 0.418 e. The van der Waals surface area contributed by atoms with Gasteiger partial charge in [0, 0.05) is 22.8 Å². The summed E-state index contributed by atoms with van der Waals surface area (Å²) in [6.45, 7) is 0. The van der Waals surface area contributed by atoms with Crippen molar-refractivity contribution in [2.45, 2.75) is 17.5 Å². The highest BCUT2D eigenvalue weighted by Gasteiger charge is 2.34. The molecule has 32 heavy (non-hydrogen) atoms.